The van der Waals surface area contributed by atoms with E-state index in [0.29, 0.717) is 31.9 Å². The second kappa shape index (κ2) is 9.41. The van der Waals surface area contributed by atoms with Gasteiger partial charge in [0.2, 0.25) is 11.9 Å². The first-order chi connectivity index (χ1) is 16.2. The zero-order chi connectivity index (χ0) is 22.8. The van der Waals surface area contributed by atoms with Crippen LogP contribution in [-0.4, -0.2) is 59.6 Å². The fourth-order valence-corrected chi connectivity index (χ4v) is 5.21. The van der Waals surface area contributed by atoms with Gasteiger partial charge >= 0.3 is 0 Å². The minimum absolute atomic E-state index is 0.0604. The first-order valence-electron chi connectivity index (χ1n) is 12.1. The summed E-state index contributed by atoms with van der Waals surface area (Å²) in [5.41, 5.74) is 2.85. The van der Waals surface area contributed by atoms with Crippen molar-refractivity contribution < 1.29 is 9.18 Å². The zero-order valence-corrected chi connectivity index (χ0v) is 19.3. The molecule has 0 bridgehead atoms. The number of piperidine rings is 1. The number of carbonyl (C=O) groups excluding carboxylic acids is 1. The molecule has 2 aliphatic rings. The molecular weight excluding hydrogens is 417 g/mol. The molecule has 33 heavy (non-hydrogen) atoms. The molecule has 0 unspecified atom stereocenters. The van der Waals surface area contributed by atoms with Gasteiger partial charge in [0, 0.05) is 51.7 Å². The molecule has 174 valence electrons. The van der Waals surface area contributed by atoms with Crippen LogP contribution in [0.1, 0.15) is 26.2 Å². The van der Waals surface area contributed by atoms with Crippen LogP contribution in [0.25, 0.3) is 11.0 Å². The number of aromatic nitrogens is 2. The SMILES string of the molecule is CCCn1c(N2CCC(C(=O)N3CCN(c4ccccc4F)CC3)CC2)nc2ccccc21. The van der Waals surface area contributed by atoms with Crippen molar-refractivity contribution in [3.63, 3.8) is 0 Å². The van der Waals surface area contributed by atoms with E-state index in [1.54, 1.807) is 6.07 Å². The Morgan fingerprint density at radius 3 is 2.36 bits per heavy atom. The standard InChI is InChI=1S/C26H32FN5O/c1-2-13-32-24-10-6-4-8-22(24)28-26(32)31-14-11-20(12-15-31)25(33)30-18-16-29(17-19-30)23-9-5-3-7-21(23)27/h3-10,20H,2,11-19H2,1H3. The maximum Gasteiger partial charge on any atom is 0.225 e. The second-order valence-electron chi connectivity index (χ2n) is 9.08. The minimum atomic E-state index is -0.196. The van der Waals surface area contributed by atoms with Gasteiger partial charge in [-0.2, -0.15) is 0 Å². The Morgan fingerprint density at radius 2 is 1.64 bits per heavy atom. The third-order valence-corrected chi connectivity index (χ3v) is 6.99. The fraction of sp³-hybridized carbons (Fsp3) is 0.462. The van der Waals surface area contributed by atoms with E-state index in [2.05, 4.69) is 34.6 Å². The van der Waals surface area contributed by atoms with Gasteiger partial charge < -0.3 is 19.3 Å². The largest absolute Gasteiger partial charge is 0.366 e. The number of benzene rings is 2. The van der Waals surface area contributed by atoms with Gasteiger partial charge in [-0.1, -0.05) is 31.2 Å². The molecule has 2 fully saturated rings. The van der Waals surface area contributed by atoms with E-state index in [9.17, 15) is 9.18 Å². The number of halogens is 1. The van der Waals surface area contributed by atoms with Crippen LogP contribution >= 0.6 is 0 Å². The van der Waals surface area contributed by atoms with Crippen molar-refractivity contribution in [2.45, 2.75) is 32.7 Å². The molecule has 0 atom stereocenters. The Hall–Kier alpha value is -3.09. The van der Waals surface area contributed by atoms with Crippen molar-refractivity contribution in [3.8, 4) is 0 Å². The molecule has 3 heterocycles. The quantitative estimate of drug-likeness (QED) is 0.587. The molecule has 0 saturated carbocycles. The number of piperazine rings is 1. The summed E-state index contributed by atoms with van der Waals surface area (Å²) in [7, 11) is 0. The first-order valence-corrected chi connectivity index (χ1v) is 12.1. The topological polar surface area (TPSA) is 44.6 Å². The van der Waals surface area contributed by atoms with Gasteiger partial charge in [0.1, 0.15) is 5.82 Å². The van der Waals surface area contributed by atoms with Crippen molar-refractivity contribution in [2.24, 2.45) is 5.92 Å². The number of carbonyl (C=O) groups is 1. The summed E-state index contributed by atoms with van der Waals surface area (Å²) in [6, 6.07) is 15.2. The van der Waals surface area contributed by atoms with Gasteiger partial charge in [-0.3, -0.25) is 4.79 Å². The number of hydrogen-bond donors (Lipinski definition) is 0. The fourth-order valence-electron chi connectivity index (χ4n) is 5.21. The van der Waals surface area contributed by atoms with E-state index in [4.69, 9.17) is 4.98 Å². The van der Waals surface area contributed by atoms with E-state index in [1.165, 1.54) is 11.6 Å². The maximum atomic E-state index is 14.1. The lowest BCUT2D eigenvalue weighted by atomic mass is 9.95. The molecule has 5 rings (SSSR count). The highest BCUT2D eigenvalue weighted by atomic mass is 19.1. The van der Waals surface area contributed by atoms with Crippen LogP contribution in [0, 0.1) is 11.7 Å². The monoisotopic (exact) mass is 449 g/mol. The number of imidazole rings is 1. The Kier molecular flexibility index (Phi) is 6.20. The Bertz CT molecular complexity index is 1110. The summed E-state index contributed by atoms with van der Waals surface area (Å²) in [4.78, 5) is 24.5. The molecule has 0 radical (unpaired) electrons. The molecule has 0 N–H and O–H groups in total. The predicted octanol–water partition coefficient (Wildman–Crippen LogP) is 4.15. The number of aryl methyl sites for hydroxylation is 1. The highest BCUT2D eigenvalue weighted by Gasteiger charge is 2.32. The summed E-state index contributed by atoms with van der Waals surface area (Å²) in [6.07, 6.45) is 2.75. The highest BCUT2D eigenvalue weighted by Crippen LogP contribution is 2.29. The van der Waals surface area contributed by atoms with Gasteiger partial charge in [-0.05, 0) is 43.5 Å². The summed E-state index contributed by atoms with van der Waals surface area (Å²) in [5, 5.41) is 0. The highest BCUT2D eigenvalue weighted by molar-refractivity contribution is 5.80. The molecule has 2 aliphatic heterocycles. The molecule has 7 heteroatoms. The minimum Gasteiger partial charge on any atom is -0.366 e. The van der Waals surface area contributed by atoms with E-state index < -0.39 is 0 Å². The normalized spacial score (nSPS) is 17.7. The lowest BCUT2D eigenvalue weighted by Gasteiger charge is -2.39. The van der Waals surface area contributed by atoms with Crippen LogP contribution < -0.4 is 9.80 Å². The predicted molar refractivity (Wildman–Crippen MR) is 130 cm³/mol. The number of anilines is 2. The average Bonchev–Trinajstić information content (AvgIpc) is 3.23. The van der Waals surface area contributed by atoms with Gasteiger partial charge in [0.05, 0.1) is 16.7 Å². The molecular formula is C26H32FN5O. The first kappa shape index (κ1) is 21.7. The van der Waals surface area contributed by atoms with Gasteiger partial charge in [-0.25, -0.2) is 9.37 Å². The third kappa shape index (κ3) is 4.28. The van der Waals surface area contributed by atoms with Crippen LogP contribution in [0.5, 0.6) is 0 Å². The lowest BCUT2D eigenvalue weighted by Crippen LogP contribution is -2.52. The van der Waals surface area contributed by atoms with Crippen molar-refractivity contribution in [1.82, 2.24) is 14.5 Å². The molecule has 0 aliphatic carbocycles. The second-order valence-corrected chi connectivity index (χ2v) is 9.08. The van der Waals surface area contributed by atoms with Crippen molar-refractivity contribution >= 4 is 28.6 Å². The summed E-state index contributed by atoms with van der Waals surface area (Å²) >= 11 is 0. The summed E-state index contributed by atoms with van der Waals surface area (Å²) < 4.78 is 16.4. The maximum absolute atomic E-state index is 14.1. The number of hydrogen-bond acceptors (Lipinski definition) is 4. The number of nitrogens with zero attached hydrogens (tertiary/aromatic N) is 5. The number of para-hydroxylation sites is 3. The molecule has 0 spiro atoms. The lowest BCUT2D eigenvalue weighted by molar-refractivity contribution is -0.136. The van der Waals surface area contributed by atoms with E-state index in [1.807, 2.05) is 28.0 Å². The van der Waals surface area contributed by atoms with E-state index >= 15 is 0 Å². The van der Waals surface area contributed by atoms with Crippen LogP contribution in [0.4, 0.5) is 16.0 Å². The van der Waals surface area contributed by atoms with Gasteiger partial charge in [0.15, 0.2) is 0 Å². The van der Waals surface area contributed by atoms with E-state index in [-0.39, 0.29) is 17.6 Å². The molecule has 6 nitrogen and oxygen atoms in total. The number of fused-ring (bicyclic) bond motifs is 1. The molecule has 2 saturated heterocycles. The zero-order valence-electron chi connectivity index (χ0n) is 19.3. The molecule has 2 aromatic carbocycles. The Balaban J connectivity index is 1.20. The van der Waals surface area contributed by atoms with Crippen molar-refractivity contribution in [1.29, 1.82) is 0 Å². The van der Waals surface area contributed by atoms with Gasteiger partial charge in [0.25, 0.3) is 0 Å². The summed E-state index contributed by atoms with van der Waals surface area (Å²) in [5.74, 6) is 1.15. The summed E-state index contributed by atoms with van der Waals surface area (Å²) in [6.45, 7) is 7.48. The third-order valence-electron chi connectivity index (χ3n) is 6.99. The molecule has 1 amide bonds. The molecule has 3 aromatic rings. The van der Waals surface area contributed by atoms with Crippen LogP contribution in [-0.2, 0) is 11.3 Å². The Labute approximate surface area is 194 Å². The van der Waals surface area contributed by atoms with Crippen LogP contribution in [0.3, 0.4) is 0 Å². The number of rotatable bonds is 5. The number of amides is 1. The van der Waals surface area contributed by atoms with Crippen LogP contribution in [0.15, 0.2) is 48.5 Å². The van der Waals surface area contributed by atoms with Gasteiger partial charge in [-0.15, -0.1) is 0 Å². The smallest absolute Gasteiger partial charge is 0.225 e. The van der Waals surface area contributed by atoms with E-state index in [0.717, 1.165) is 50.4 Å². The Morgan fingerprint density at radius 1 is 0.939 bits per heavy atom. The molecule has 1 aromatic heterocycles. The van der Waals surface area contributed by atoms with Crippen LogP contribution in [0.2, 0.25) is 0 Å². The van der Waals surface area contributed by atoms with Crippen molar-refractivity contribution in [3.05, 3.63) is 54.3 Å². The van der Waals surface area contributed by atoms with Crippen molar-refractivity contribution in [2.75, 3.05) is 49.1 Å². The average molecular weight is 450 g/mol.